The van der Waals surface area contributed by atoms with Crippen LogP contribution in [0.25, 0.3) is 0 Å². The first kappa shape index (κ1) is 17.3. The summed E-state index contributed by atoms with van der Waals surface area (Å²) in [5, 5.41) is 10.0. The van der Waals surface area contributed by atoms with E-state index in [2.05, 4.69) is 4.98 Å². The first-order chi connectivity index (χ1) is 11.8. The van der Waals surface area contributed by atoms with Crippen LogP contribution in [0, 0.1) is 6.92 Å². The van der Waals surface area contributed by atoms with Crippen LogP contribution in [0.5, 0.6) is 5.75 Å². The molecule has 0 aliphatic rings. The molecule has 0 aliphatic carbocycles. The number of sulfone groups is 1. The summed E-state index contributed by atoms with van der Waals surface area (Å²) >= 11 is 5.85. The molecule has 0 atom stereocenters. The van der Waals surface area contributed by atoms with Crippen LogP contribution >= 0.6 is 11.6 Å². The van der Waals surface area contributed by atoms with Gasteiger partial charge in [-0.1, -0.05) is 29.3 Å². The number of aryl methyl sites for hydroxylation is 1. The summed E-state index contributed by atoms with van der Waals surface area (Å²) < 4.78 is 25.3. The van der Waals surface area contributed by atoms with Crippen LogP contribution in [-0.2, 0) is 9.84 Å². The zero-order valence-corrected chi connectivity index (χ0v) is 14.7. The molecule has 3 aromatic rings. The molecule has 0 amide bonds. The van der Waals surface area contributed by atoms with E-state index in [9.17, 15) is 18.3 Å². The number of carbonyl (C=O) groups excluding carboxylic acids is 1. The maximum absolute atomic E-state index is 12.6. The molecule has 1 heterocycles. The van der Waals surface area contributed by atoms with Gasteiger partial charge in [0.05, 0.1) is 10.5 Å². The van der Waals surface area contributed by atoms with E-state index in [1.54, 1.807) is 12.1 Å². The average molecular weight is 376 g/mol. The van der Waals surface area contributed by atoms with Crippen LogP contribution in [0.3, 0.4) is 0 Å². The minimum Gasteiger partial charge on any atom is -0.507 e. The van der Waals surface area contributed by atoms with Gasteiger partial charge in [0.25, 0.3) is 0 Å². The predicted molar refractivity (Wildman–Crippen MR) is 94.0 cm³/mol. The maximum Gasteiger partial charge on any atom is 0.221 e. The van der Waals surface area contributed by atoms with Crippen molar-refractivity contribution in [3.05, 3.63) is 76.4 Å². The Morgan fingerprint density at radius 1 is 1.08 bits per heavy atom. The summed E-state index contributed by atoms with van der Waals surface area (Å²) in [6, 6.07) is 11.8. The fraction of sp³-hybridized carbons (Fsp3) is 0.0556. The van der Waals surface area contributed by atoms with E-state index in [1.165, 1.54) is 42.6 Å². The van der Waals surface area contributed by atoms with Crippen molar-refractivity contribution in [2.75, 3.05) is 0 Å². The standard InChI is InChI=1S/C18H14ClNO4S/c1-11-2-5-14(6-3-11)25(23,24)17-8-12(10-20-17)18(22)15-9-13(19)4-7-16(15)21/h2-10,20-21H,1H3. The molecule has 128 valence electrons. The summed E-state index contributed by atoms with van der Waals surface area (Å²) in [7, 11) is -3.77. The van der Waals surface area contributed by atoms with E-state index in [0.29, 0.717) is 5.02 Å². The summed E-state index contributed by atoms with van der Waals surface area (Å²) in [6.45, 7) is 1.86. The van der Waals surface area contributed by atoms with Crippen LogP contribution in [0.1, 0.15) is 21.5 Å². The molecule has 7 heteroatoms. The highest BCUT2D eigenvalue weighted by Crippen LogP contribution is 2.26. The number of aromatic nitrogens is 1. The second-order valence-electron chi connectivity index (χ2n) is 5.56. The summed E-state index contributed by atoms with van der Waals surface area (Å²) in [4.78, 5) is 15.3. The SMILES string of the molecule is Cc1ccc(S(=O)(=O)c2cc(C(=O)c3cc(Cl)ccc3O)c[nH]2)cc1. The van der Waals surface area contributed by atoms with Gasteiger partial charge in [-0.2, -0.15) is 0 Å². The van der Waals surface area contributed by atoms with Crippen LogP contribution in [0.4, 0.5) is 0 Å². The Bertz CT molecular complexity index is 1050. The number of benzene rings is 2. The molecule has 2 aromatic carbocycles. The van der Waals surface area contributed by atoms with Crippen molar-refractivity contribution in [1.29, 1.82) is 0 Å². The van der Waals surface area contributed by atoms with Gasteiger partial charge in [0, 0.05) is 16.8 Å². The first-order valence-electron chi connectivity index (χ1n) is 7.32. The van der Waals surface area contributed by atoms with Crippen molar-refractivity contribution in [3.63, 3.8) is 0 Å². The first-order valence-corrected chi connectivity index (χ1v) is 9.18. The van der Waals surface area contributed by atoms with Gasteiger partial charge < -0.3 is 10.1 Å². The molecule has 2 N–H and O–H groups in total. The summed E-state index contributed by atoms with van der Waals surface area (Å²) in [5.41, 5.74) is 1.06. The van der Waals surface area contributed by atoms with E-state index in [-0.39, 0.29) is 26.8 Å². The fourth-order valence-corrected chi connectivity index (χ4v) is 3.77. The van der Waals surface area contributed by atoms with Crippen molar-refractivity contribution in [2.24, 2.45) is 0 Å². The predicted octanol–water partition coefficient (Wildman–Crippen LogP) is 3.75. The molecular weight excluding hydrogens is 362 g/mol. The molecule has 0 spiro atoms. The van der Waals surface area contributed by atoms with E-state index < -0.39 is 15.6 Å². The maximum atomic E-state index is 12.6. The number of halogens is 1. The lowest BCUT2D eigenvalue weighted by molar-refractivity contribution is 0.103. The molecule has 5 nitrogen and oxygen atoms in total. The molecule has 1 aromatic heterocycles. The lowest BCUT2D eigenvalue weighted by Gasteiger charge is -2.03. The zero-order chi connectivity index (χ0) is 18.2. The second kappa shape index (κ2) is 6.38. The Balaban J connectivity index is 1.98. The van der Waals surface area contributed by atoms with Crippen molar-refractivity contribution in [3.8, 4) is 5.75 Å². The fourth-order valence-electron chi connectivity index (χ4n) is 2.35. The molecule has 0 unspecified atom stereocenters. The normalized spacial score (nSPS) is 11.4. The number of rotatable bonds is 4. The molecule has 0 radical (unpaired) electrons. The van der Waals surface area contributed by atoms with E-state index in [4.69, 9.17) is 11.6 Å². The number of nitrogens with one attached hydrogen (secondary N) is 1. The number of H-pyrrole nitrogens is 1. The van der Waals surface area contributed by atoms with Crippen LogP contribution < -0.4 is 0 Å². The number of hydrogen-bond acceptors (Lipinski definition) is 4. The van der Waals surface area contributed by atoms with Crippen LogP contribution in [0.15, 0.2) is 64.6 Å². The molecule has 0 saturated carbocycles. The number of phenolic OH excluding ortho intramolecular Hbond substituents is 1. The Kier molecular flexibility index (Phi) is 4.41. The molecule has 0 fully saturated rings. The van der Waals surface area contributed by atoms with Gasteiger partial charge in [-0.25, -0.2) is 8.42 Å². The smallest absolute Gasteiger partial charge is 0.221 e. The van der Waals surface area contributed by atoms with Gasteiger partial charge in [0.1, 0.15) is 10.8 Å². The minimum atomic E-state index is -3.77. The monoisotopic (exact) mass is 375 g/mol. The minimum absolute atomic E-state index is 0.00536. The van der Waals surface area contributed by atoms with E-state index in [0.717, 1.165) is 5.56 Å². The van der Waals surface area contributed by atoms with Crippen LogP contribution in [-0.4, -0.2) is 24.3 Å². The molecule has 25 heavy (non-hydrogen) atoms. The van der Waals surface area contributed by atoms with Crippen molar-refractivity contribution in [2.45, 2.75) is 16.8 Å². The second-order valence-corrected chi connectivity index (χ2v) is 7.91. The van der Waals surface area contributed by atoms with Crippen molar-refractivity contribution < 1.29 is 18.3 Å². The van der Waals surface area contributed by atoms with Gasteiger partial charge in [-0.05, 0) is 43.3 Å². The number of phenols is 1. The summed E-state index contributed by atoms with van der Waals surface area (Å²) in [5.74, 6) is -0.750. The Morgan fingerprint density at radius 3 is 2.44 bits per heavy atom. The number of aromatic amines is 1. The highest BCUT2D eigenvalue weighted by Gasteiger charge is 2.22. The third-order valence-electron chi connectivity index (χ3n) is 3.74. The van der Waals surface area contributed by atoms with Gasteiger partial charge in [-0.3, -0.25) is 4.79 Å². The van der Waals surface area contributed by atoms with Gasteiger partial charge in [-0.15, -0.1) is 0 Å². The van der Waals surface area contributed by atoms with Gasteiger partial charge >= 0.3 is 0 Å². The van der Waals surface area contributed by atoms with E-state index >= 15 is 0 Å². The lowest BCUT2D eigenvalue weighted by Crippen LogP contribution is -2.03. The molecule has 0 bridgehead atoms. The average Bonchev–Trinajstić information content (AvgIpc) is 3.08. The Hall–Kier alpha value is -2.57. The highest BCUT2D eigenvalue weighted by atomic mass is 35.5. The number of carbonyl (C=O) groups is 1. The lowest BCUT2D eigenvalue weighted by atomic mass is 10.1. The third-order valence-corrected chi connectivity index (χ3v) is 5.69. The molecule has 0 aliphatic heterocycles. The zero-order valence-electron chi connectivity index (χ0n) is 13.2. The molecular formula is C18H14ClNO4S. The summed E-state index contributed by atoms with van der Waals surface area (Å²) in [6.07, 6.45) is 1.30. The molecule has 3 rings (SSSR count). The number of ketones is 1. The van der Waals surface area contributed by atoms with E-state index in [1.807, 2.05) is 6.92 Å². The van der Waals surface area contributed by atoms with Gasteiger partial charge in [0.15, 0.2) is 5.78 Å². The van der Waals surface area contributed by atoms with Gasteiger partial charge in [0.2, 0.25) is 9.84 Å². The van der Waals surface area contributed by atoms with Crippen molar-refractivity contribution >= 4 is 27.2 Å². The number of hydrogen-bond donors (Lipinski definition) is 2. The Labute approximate surface area is 149 Å². The number of aromatic hydroxyl groups is 1. The molecule has 0 saturated heterocycles. The van der Waals surface area contributed by atoms with Crippen molar-refractivity contribution in [1.82, 2.24) is 4.98 Å². The van der Waals surface area contributed by atoms with Crippen LogP contribution in [0.2, 0.25) is 5.02 Å². The third kappa shape index (κ3) is 3.31. The highest BCUT2D eigenvalue weighted by molar-refractivity contribution is 7.91. The largest absolute Gasteiger partial charge is 0.507 e. The Morgan fingerprint density at radius 2 is 1.76 bits per heavy atom. The topological polar surface area (TPSA) is 87.2 Å². The quantitative estimate of drug-likeness (QED) is 0.680.